The highest BCUT2D eigenvalue weighted by molar-refractivity contribution is 5.89. The van der Waals surface area contributed by atoms with Gasteiger partial charge in [-0.25, -0.2) is 0 Å². The van der Waals surface area contributed by atoms with Crippen LogP contribution in [-0.2, 0) is 9.53 Å². The van der Waals surface area contributed by atoms with E-state index in [0.29, 0.717) is 0 Å². The summed E-state index contributed by atoms with van der Waals surface area (Å²) >= 11 is 0. The van der Waals surface area contributed by atoms with Crippen LogP contribution in [0.15, 0.2) is 42.5 Å². The van der Waals surface area contributed by atoms with Gasteiger partial charge < -0.3 is 10.5 Å². The highest BCUT2D eigenvalue weighted by atomic mass is 16.6. The van der Waals surface area contributed by atoms with E-state index in [1.165, 1.54) is 0 Å². The number of ether oxygens (including phenoxy) is 1. The molecule has 1 aliphatic rings. The molecular weight excluding hydrogens is 202 g/mol. The van der Waals surface area contributed by atoms with Gasteiger partial charge in [0.2, 0.25) is 5.91 Å². The van der Waals surface area contributed by atoms with Gasteiger partial charge in [0.1, 0.15) is 6.10 Å². The van der Waals surface area contributed by atoms with Crippen LogP contribution in [0.4, 0.5) is 0 Å². The predicted molar refractivity (Wildman–Crippen MR) is 60.8 cm³/mol. The van der Waals surface area contributed by atoms with Gasteiger partial charge in [0, 0.05) is 0 Å². The number of epoxide rings is 1. The number of primary amides is 1. The van der Waals surface area contributed by atoms with Gasteiger partial charge in [0.05, 0.1) is 0 Å². The first-order valence-corrected chi connectivity index (χ1v) is 5.20. The third kappa shape index (κ3) is 1.37. The van der Waals surface area contributed by atoms with Crippen LogP contribution < -0.4 is 5.73 Å². The largest absolute Gasteiger partial charge is 0.367 e. The molecule has 3 heteroatoms. The Labute approximate surface area is 92.8 Å². The number of hydrogen-bond donors (Lipinski definition) is 1. The van der Waals surface area contributed by atoms with Crippen molar-refractivity contribution in [3.63, 3.8) is 0 Å². The molecule has 0 spiro atoms. The number of carbonyl (C=O) groups excluding carboxylic acids is 1. The minimum atomic E-state index is -0.453. The topological polar surface area (TPSA) is 55.6 Å². The second-order valence-electron chi connectivity index (χ2n) is 3.95. The minimum Gasteiger partial charge on any atom is -0.367 e. The summed E-state index contributed by atoms with van der Waals surface area (Å²) in [7, 11) is 0. The Hall–Kier alpha value is -1.87. The predicted octanol–water partition coefficient (Wildman–Crippen LogP) is 1.76. The molecule has 1 aliphatic heterocycles. The smallest absolute Gasteiger partial charge is 0.249 e. The van der Waals surface area contributed by atoms with Crippen LogP contribution in [0.1, 0.15) is 11.7 Å². The summed E-state index contributed by atoms with van der Waals surface area (Å²) in [6.07, 6.45) is -0.616. The van der Waals surface area contributed by atoms with Crippen LogP contribution in [0, 0.1) is 0 Å². The normalized spacial score (nSPS) is 23.2. The molecule has 2 aromatic carbocycles. The maximum absolute atomic E-state index is 11.0. The highest BCUT2D eigenvalue weighted by Gasteiger charge is 2.45. The number of carbonyl (C=O) groups is 1. The first-order valence-electron chi connectivity index (χ1n) is 5.20. The molecule has 16 heavy (non-hydrogen) atoms. The number of rotatable bonds is 2. The van der Waals surface area contributed by atoms with Crippen LogP contribution in [0.3, 0.4) is 0 Å². The van der Waals surface area contributed by atoms with Crippen LogP contribution in [0.5, 0.6) is 0 Å². The molecule has 0 aliphatic carbocycles. The molecule has 1 fully saturated rings. The van der Waals surface area contributed by atoms with Gasteiger partial charge >= 0.3 is 0 Å². The Morgan fingerprint density at radius 3 is 2.62 bits per heavy atom. The molecular formula is C13H11NO2. The Bertz CT molecular complexity index is 559. The fraction of sp³-hybridized carbons (Fsp3) is 0.154. The second kappa shape index (κ2) is 3.32. The number of amides is 1. The van der Waals surface area contributed by atoms with E-state index in [1.54, 1.807) is 0 Å². The fourth-order valence-corrected chi connectivity index (χ4v) is 2.06. The lowest BCUT2D eigenvalue weighted by Gasteiger charge is -2.02. The summed E-state index contributed by atoms with van der Waals surface area (Å²) in [5.74, 6) is -0.391. The van der Waals surface area contributed by atoms with E-state index in [-0.39, 0.29) is 6.10 Å². The van der Waals surface area contributed by atoms with Crippen LogP contribution in [-0.4, -0.2) is 12.0 Å². The summed E-state index contributed by atoms with van der Waals surface area (Å²) in [5, 5.41) is 2.28. The molecule has 2 unspecified atom stereocenters. The standard InChI is InChI=1S/C13H11NO2/c14-13(15)12-11(16-12)10-7-3-5-8-4-1-2-6-9(8)10/h1-7,11-12H,(H2,14,15). The zero-order valence-corrected chi connectivity index (χ0v) is 8.59. The van der Waals surface area contributed by atoms with Crippen molar-refractivity contribution in [2.45, 2.75) is 12.2 Å². The third-order valence-electron chi connectivity index (χ3n) is 2.90. The van der Waals surface area contributed by atoms with E-state index < -0.39 is 12.0 Å². The van der Waals surface area contributed by atoms with Gasteiger partial charge in [-0.1, -0.05) is 42.5 Å². The maximum atomic E-state index is 11.0. The molecule has 2 aromatic rings. The SMILES string of the molecule is NC(=O)C1OC1c1cccc2ccccc12. The summed E-state index contributed by atoms with van der Waals surface area (Å²) in [5.41, 5.74) is 6.25. The Kier molecular flexibility index (Phi) is 1.94. The van der Waals surface area contributed by atoms with Gasteiger partial charge in [-0.2, -0.15) is 0 Å². The van der Waals surface area contributed by atoms with Crippen LogP contribution in [0.25, 0.3) is 10.8 Å². The van der Waals surface area contributed by atoms with Gasteiger partial charge in [0.25, 0.3) is 0 Å². The van der Waals surface area contributed by atoms with Crippen LogP contribution in [0.2, 0.25) is 0 Å². The highest BCUT2D eigenvalue weighted by Crippen LogP contribution is 2.41. The Morgan fingerprint density at radius 2 is 1.88 bits per heavy atom. The quantitative estimate of drug-likeness (QED) is 0.773. The maximum Gasteiger partial charge on any atom is 0.249 e. The molecule has 3 nitrogen and oxygen atoms in total. The average Bonchev–Trinajstić information content (AvgIpc) is 3.08. The van der Waals surface area contributed by atoms with Crippen molar-refractivity contribution in [2.24, 2.45) is 5.73 Å². The van der Waals surface area contributed by atoms with E-state index in [9.17, 15) is 4.79 Å². The number of benzene rings is 2. The average molecular weight is 213 g/mol. The van der Waals surface area contributed by atoms with Crippen molar-refractivity contribution in [3.05, 3.63) is 48.0 Å². The molecule has 3 rings (SSSR count). The zero-order valence-electron chi connectivity index (χ0n) is 8.59. The van der Waals surface area contributed by atoms with E-state index in [1.807, 2.05) is 42.5 Å². The lowest BCUT2D eigenvalue weighted by molar-refractivity contribution is -0.119. The van der Waals surface area contributed by atoms with Crippen molar-refractivity contribution in [1.82, 2.24) is 0 Å². The van der Waals surface area contributed by atoms with Crippen molar-refractivity contribution >= 4 is 16.7 Å². The van der Waals surface area contributed by atoms with E-state index in [4.69, 9.17) is 10.5 Å². The van der Waals surface area contributed by atoms with E-state index >= 15 is 0 Å². The van der Waals surface area contributed by atoms with Gasteiger partial charge in [-0.15, -0.1) is 0 Å². The lowest BCUT2D eigenvalue weighted by atomic mass is 10.0. The van der Waals surface area contributed by atoms with E-state index in [2.05, 4.69) is 0 Å². The van der Waals surface area contributed by atoms with Gasteiger partial charge in [-0.3, -0.25) is 4.79 Å². The molecule has 0 aromatic heterocycles. The molecule has 2 atom stereocenters. The first-order chi connectivity index (χ1) is 7.77. The first kappa shape index (κ1) is 9.36. The zero-order chi connectivity index (χ0) is 11.1. The molecule has 0 saturated carbocycles. The van der Waals surface area contributed by atoms with Gasteiger partial charge in [-0.05, 0) is 16.3 Å². The number of hydrogen-bond acceptors (Lipinski definition) is 2. The summed E-state index contributed by atoms with van der Waals surface area (Å²) in [6.45, 7) is 0. The fourth-order valence-electron chi connectivity index (χ4n) is 2.06. The lowest BCUT2D eigenvalue weighted by Crippen LogP contribution is -2.18. The van der Waals surface area contributed by atoms with Crippen LogP contribution >= 0.6 is 0 Å². The Morgan fingerprint density at radius 1 is 1.12 bits per heavy atom. The number of fused-ring (bicyclic) bond motifs is 1. The third-order valence-corrected chi connectivity index (χ3v) is 2.90. The summed E-state index contributed by atoms with van der Waals surface area (Å²) in [4.78, 5) is 11.0. The molecule has 1 saturated heterocycles. The van der Waals surface area contributed by atoms with Crippen molar-refractivity contribution in [1.29, 1.82) is 0 Å². The summed E-state index contributed by atoms with van der Waals surface area (Å²) in [6, 6.07) is 14.0. The molecule has 0 radical (unpaired) electrons. The second-order valence-corrected chi connectivity index (χ2v) is 3.95. The molecule has 0 bridgehead atoms. The van der Waals surface area contributed by atoms with E-state index in [0.717, 1.165) is 16.3 Å². The minimum absolute atomic E-state index is 0.163. The molecule has 1 amide bonds. The van der Waals surface area contributed by atoms with Crippen molar-refractivity contribution in [3.8, 4) is 0 Å². The molecule has 2 N–H and O–H groups in total. The molecule has 1 heterocycles. The van der Waals surface area contributed by atoms with Gasteiger partial charge in [0.15, 0.2) is 6.10 Å². The Balaban J connectivity index is 2.08. The monoisotopic (exact) mass is 213 g/mol. The molecule has 80 valence electrons. The van der Waals surface area contributed by atoms with Crippen molar-refractivity contribution in [2.75, 3.05) is 0 Å². The van der Waals surface area contributed by atoms with Crippen molar-refractivity contribution < 1.29 is 9.53 Å². The summed E-state index contributed by atoms with van der Waals surface area (Å²) < 4.78 is 5.30. The number of nitrogens with two attached hydrogens (primary N) is 1.